The molecule has 2 heterocycles. The van der Waals surface area contributed by atoms with Gasteiger partial charge in [-0.25, -0.2) is 0 Å². The molecule has 1 aromatic carbocycles. The molecule has 6 heteroatoms. The van der Waals surface area contributed by atoms with E-state index in [0.717, 1.165) is 0 Å². The van der Waals surface area contributed by atoms with Crippen LogP contribution in [0.3, 0.4) is 0 Å². The Morgan fingerprint density at radius 3 is 2.67 bits per heavy atom. The van der Waals surface area contributed by atoms with Gasteiger partial charge in [-0.05, 0) is 44.5 Å². The Morgan fingerprint density at radius 2 is 2.04 bits per heavy atom. The van der Waals surface area contributed by atoms with Crippen molar-refractivity contribution in [2.75, 3.05) is 0 Å². The van der Waals surface area contributed by atoms with Crippen LogP contribution in [0, 0.1) is 18.3 Å². The molecule has 0 fully saturated rings. The van der Waals surface area contributed by atoms with Gasteiger partial charge >= 0.3 is 0 Å². The number of nitriles is 1. The van der Waals surface area contributed by atoms with Gasteiger partial charge in [-0.1, -0.05) is 6.07 Å². The smallest absolute Gasteiger partial charge is 0.255 e. The number of nitrogens with zero attached hydrogens (tertiary/aromatic N) is 2. The summed E-state index contributed by atoms with van der Waals surface area (Å²) in [4.78, 5) is 12.4. The molecule has 0 unspecified atom stereocenters. The van der Waals surface area contributed by atoms with E-state index in [1.54, 1.807) is 51.2 Å². The van der Waals surface area contributed by atoms with Gasteiger partial charge in [0.2, 0.25) is 0 Å². The van der Waals surface area contributed by atoms with Gasteiger partial charge in [0, 0.05) is 17.8 Å². The lowest BCUT2D eigenvalue weighted by atomic mass is 9.90. The predicted octanol–water partition coefficient (Wildman–Crippen LogP) is 2.40. The van der Waals surface area contributed by atoms with Crippen LogP contribution in [-0.2, 0) is 0 Å². The van der Waals surface area contributed by atoms with Gasteiger partial charge in [-0.3, -0.25) is 20.0 Å². The van der Waals surface area contributed by atoms with Crippen molar-refractivity contribution in [2.24, 2.45) is 0 Å². The maximum absolute atomic E-state index is 12.4. The van der Waals surface area contributed by atoms with Crippen molar-refractivity contribution in [3.05, 3.63) is 69.3 Å². The number of fused-ring (bicyclic) bond motifs is 1. The molecule has 0 saturated carbocycles. The molecule has 0 atom stereocenters. The molecule has 3 rings (SSSR count). The minimum absolute atomic E-state index is 0.245. The summed E-state index contributed by atoms with van der Waals surface area (Å²) in [6.45, 7) is 5.37. The molecule has 1 aromatic heterocycles. The second-order valence-electron chi connectivity index (χ2n) is 6.08. The number of ether oxygens (including phenoxy) is 1. The minimum atomic E-state index is -0.882. The number of aromatic nitrogens is 1. The zero-order valence-corrected chi connectivity index (χ0v) is 13.6. The quantitative estimate of drug-likeness (QED) is 0.829. The zero-order chi connectivity index (χ0) is 17.5. The second kappa shape index (κ2) is 5.55. The summed E-state index contributed by atoms with van der Waals surface area (Å²) in [7, 11) is 0. The largest absolute Gasteiger partial charge is 0.481 e. The Hall–Kier alpha value is -3.04. The summed E-state index contributed by atoms with van der Waals surface area (Å²) in [5.41, 5.74) is 3.66. The number of pyridine rings is 1. The summed E-state index contributed by atoms with van der Waals surface area (Å²) >= 11 is 0. The Labute approximate surface area is 139 Å². The first-order valence-corrected chi connectivity index (χ1v) is 7.46. The summed E-state index contributed by atoms with van der Waals surface area (Å²) in [6.07, 6.45) is 1.62. The predicted molar refractivity (Wildman–Crippen MR) is 88.5 cm³/mol. The average molecular weight is 323 g/mol. The molecular weight excluding hydrogens is 306 g/mol. The van der Waals surface area contributed by atoms with Gasteiger partial charge in [-0.2, -0.15) is 5.26 Å². The van der Waals surface area contributed by atoms with Crippen LogP contribution >= 0.6 is 0 Å². The standard InChI is InChI=1S/C18H17N3O3/c1-11-12(10-19)7-8-13-15(11)16(17(20-23)18(2,3)24-13)21-9-5-4-6-14(21)22/h4-9,20,23H,1-3H3. The molecule has 6 nitrogen and oxygen atoms in total. The first kappa shape index (κ1) is 15.8. The monoisotopic (exact) mass is 323 g/mol. The van der Waals surface area contributed by atoms with E-state index in [1.165, 1.54) is 10.6 Å². The fourth-order valence-electron chi connectivity index (χ4n) is 2.96. The van der Waals surface area contributed by atoms with E-state index in [4.69, 9.17) is 4.74 Å². The molecule has 0 spiro atoms. The molecule has 1 aliphatic heterocycles. The van der Waals surface area contributed by atoms with E-state index in [9.17, 15) is 15.3 Å². The fraction of sp³-hybridized carbons (Fsp3) is 0.222. The van der Waals surface area contributed by atoms with E-state index < -0.39 is 5.60 Å². The number of nitrogens with one attached hydrogen (secondary N) is 1. The van der Waals surface area contributed by atoms with Crippen LogP contribution in [0.1, 0.15) is 30.5 Å². The molecule has 0 bridgehead atoms. The van der Waals surface area contributed by atoms with Gasteiger partial charge in [0.1, 0.15) is 17.0 Å². The van der Waals surface area contributed by atoms with Crippen molar-refractivity contribution in [3.63, 3.8) is 0 Å². The van der Waals surface area contributed by atoms with Crippen molar-refractivity contribution in [1.82, 2.24) is 10.0 Å². The Kier molecular flexibility index (Phi) is 3.66. The van der Waals surface area contributed by atoms with Crippen molar-refractivity contribution < 1.29 is 9.94 Å². The van der Waals surface area contributed by atoms with E-state index in [0.29, 0.717) is 33.8 Å². The molecule has 1 aliphatic rings. The SMILES string of the molecule is Cc1c(C#N)ccc2c1C(n1ccccc1=O)=C(NO)C(C)(C)O2. The molecular formula is C18H17N3O3. The Balaban J connectivity index is 2.47. The first-order chi connectivity index (χ1) is 11.4. The third-order valence-corrected chi connectivity index (χ3v) is 4.16. The van der Waals surface area contributed by atoms with Crippen LogP contribution < -0.4 is 15.8 Å². The highest BCUT2D eigenvalue weighted by Crippen LogP contribution is 2.42. The molecule has 122 valence electrons. The van der Waals surface area contributed by atoms with Gasteiger partial charge in [0.25, 0.3) is 5.56 Å². The molecule has 24 heavy (non-hydrogen) atoms. The highest BCUT2D eigenvalue weighted by molar-refractivity contribution is 5.79. The third kappa shape index (κ3) is 2.27. The van der Waals surface area contributed by atoms with Crippen LogP contribution in [0.5, 0.6) is 5.75 Å². The van der Waals surface area contributed by atoms with Crippen LogP contribution in [-0.4, -0.2) is 15.4 Å². The van der Waals surface area contributed by atoms with Crippen LogP contribution in [0.4, 0.5) is 0 Å². The summed E-state index contributed by atoms with van der Waals surface area (Å²) in [5.74, 6) is 0.557. The molecule has 0 aliphatic carbocycles. The van der Waals surface area contributed by atoms with Crippen LogP contribution in [0.15, 0.2) is 47.0 Å². The molecule has 0 amide bonds. The van der Waals surface area contributed by atoms with E-state index in [-0.39, 0.29) is 5.56 Å². The van der Waals surface area contributed by atoms with Gasteiger partial charge in [0.15, 0.2) is 0 Å². The van der Waals surface area contributed by atoms with E-state index in [1.807, 2.05) is 0 Å². The maximum Gasteiger partial charge on any atom is 0.255 e. The topological polar surface area (TPSA) is 87.3 Å². The van der Waals surface area contributed by atoms with E-state index >= 15 is 0 Å². The maximum atomic E-state index is 12.4. The highest BCUT2D eigenvalue weighted by Gasteiger charge is 2.37. The lowest BCUT2D eigenvalue weighted by Gasteiger charge is -2.37. The van der Waals surface area contributed by atoms with Crippen molar-refractivity contribution in [2.45, 2.75) is 26.4 Å². The zero-order valence-electron chi connectivity index (χ0n) is 13.6. The van der Waals surface area contributed by atoms with Crippen LogP contribution in [0.25, 0.3) is 5.70 Å². The van der Waals surface area contributed by atoms with Gasteiger partial charge in [-0.15, -0.1) is 0 Å². The highest BCUT2D eigenvalue weighted by atomic mass is 16.5. The van der Waals surface area contributed by atoms with Gasteiger partial charge in [0.05, 0.1) is 17.3 Å². The van der Waals surface area contributed by atoms with Gasteiger partial charge < -0.3 is 4.74 Å². The molecule has 0 saturated heterocycles. The fourth-order valence-corrected chi connectivity index (χ4v) is 2.96. The summed E-state index contributed by atoms with van der Waals surface area (Å²) in [5, 5.41) is 19.0. The van der Waals surface area contributed by atoms with Crippen molar-refractivity contribution in [1.29, 1.82) is 5.26 Å². The summed E-state index contributed by atoms with van der Waals surface area (Å²) < 4.78 is 7.43. The molecule has 0 radical (unpaired) electrons. The number of hydrogen-bond donors (Lipinski definition) is 2. The van der Waals surface area contributed by atoms with Crippen molar-refractivity contribution in [3.8, 4) is 11.8 Å². The van der Waals surface area contributed by atoms with Crippen LogP contribution in [0.2, 0.25) is 0 Å². The number of benzene rings is 1. The Morgan fingerprint density at radius 1 is 1.29 bits per heavy atom. The Bertz CT molecular complexity index is 949. The molecule has 2 N–H and O–H groups in total. The first-order valence-electron chi connectivity index (χ1n) is 7.46. The number of hydroxylamine groups is 1. The second-order valence-corrected chi connectivity index (χ2v) is 6.08. The minimum Gasteiger partial charge on any atom is -0.481 e. The summed E-state index contributed by atoms with van der Waals surface area (Å²) in [6, 6.07) is 10.4. The normalized spacial score (nSPS) is 15.3. The van der Waals surface area contributed by atoms with E-state index in [2.05, 4.69) is 11.5 Å². The lowest BCUT2D eigenvalue weighted by molar-refractivity contribution is 0.0897. The third-order valence-electron chi connectivity index (χ3n) is 4.16. The average Bonchev–Trinajstić information content (AvgIpc) is 2.54. The molecule has 2 aromatic rings. The number of hydrogen-bond acceptors (Lipinski definition) is 5. The lowest BCUT2D eigenvalue weighted by Crippen LogP contribution is -2.42. The van der Waals surface area contributed by atoms with Crippen molar-refractivity contribution >= 4 is 5.70 Å². The number of rotatable bonds is 2.